The Hall–Kier alpha value is -1.90. The van der Waals surface area contributed by atoms with Gasteiger partial charge in [-0.05, 0) is 18.7 Å². The van der Waals surface area contributed by atoms with Crippen LogP contribution in [0.4, 0.5) is 0 Å². The van der Waals surface area contributed by atoms with Crippen molar-refractivity contribution in [1.29, 1.82) is 0 Å². The lowest BCUT2D eigenvalue weighted by molar-refractivity contribution is -0.134. The maximum atomic E-state index is 12.5. The number of nitrogens with two attached hydrogens (primary N) is 1. The molecule has 0 amide bonds. The van der Waals surface area contributed by atoms with Gasteiger partial charge in [0.05, 0.1) is 8.81 Å². The summed E-state index contributed by atoms with van der Waals surface area (Å²) in [6, 6.07) is 15.1. The molecule has 2 aromatic rings. The molecule has 108 valence electrons. The zero-order chi connectivity index (χ0) is 14.7. The number of fused-ring (bicyclic) bond motifs is 2. The lowest BCUT2D eigenvalue weighted by Gasteiger charge is -2.26. The average Bonchev–Trinajstić information content (AvgIpc) is 2.52. The third-order valence-corrected chi connectivity index (χ3v) is 4.17. The number of benzene rings is 2. The first-order chi connectivity index (χ1) is 10.3. The monoisotopic (exact) mass is 301 g/mol. The number of hydrogen-bond acceptors (Lipinski definition) is 4. The van der Waals surface area contributed by atoms with Crippen molar-refractivity contribution < 1.29 is 14.1 Å². The Balaban J connectivity index is 1.96. The van der Waals surface area contributed by atoms with Crippen molar-refractivity contribution in [2.45, 2.75) is 5.92 Å². The predicted octanol–water partition coefficient (Wildman–Crippen LogP) is 3.02. The molecule has 1 unspecified atom stereocenters. The van der Waals surface area contributed by atoms with Crippen LogP contribution in [0.3, 0.4) is 0 Å². The Morgan fingerprint density at radius 1 is 1.10 bits per heavy atom. The van der Waals surface area contributed by atoms with Gasteiger partial charge in [0.2, 0.25) is 0 Å². The molecule has 21 heavy (non-hydrogen) atoms. The molecular formula is C16H16NO3P. The number of hydrogen-bond donors (Lipinski definition) is 1. The highest BCUT2D eigenvalue weighted by Gasteiger charge is 2.33. The molecular weight excluding hydrogens is 285 g/mol. The second-order valence-electron chi connectivity index (χ2n) is 4.71. The summed E-state index contributed by atoms with van der Waals surface area (Å²) in [5, 5.41) is 0. The molecule has 3 rings (SSSR count). The van der Waals surface area contributed by atoms with E-state index in [1.807, 2.05) is 48.5 Å². The zero-order valence-corrected chi connectivity index (χ0v) is 12.4. The third kappa shape index (κ3) is 2.78. The second kappa shape index (κ2) is 6.25. The lowest BCUT2D eigenvalue weighted by Crippen LogP contribution is -2.19. The summed E-state index contributed by atoms with van der Waals surface area (Å²) in [6.07, 6.45) is 0.693. The fraction of sp³-hybridized carbons (Fsp3) is 0.188. The number of para-hydroxylation sites is 2. The van der Waals surface area contributed by atoms with E-state index in [0.717, 1.165) is 11.1 Å². The van der Waals surface area contributed by atoms with Crippen molar-refractivity contribution >= 4 is 14.8 Å². The van der Waals surface area contributed by atoms with Crippen LogP contribution < -0.4 is 10.5 Å². The molecule has 0 spiro atoms. The predicted molar refractivity (Wildman–Crippen MR) is 83.1 cm³/mol. The third-order valence-electron chi connectivity index (χ3n) is 3.33. The van der Waals surface area contributed by atoms with Crippen molar-refractivity contribution in [1.82, 2.24) is 0 Å². The van der Waals surface area contributed by atoms with Gasteiger partial charge in [-0.2, -0.15) is 0 Å². The molecule has 1 atom stereocenters. The SMILES string of the molecule is NCCPOC(=O)C1c2ccccc2Oc2ccccc21. The quantitative estimate of drug-likeness (QED) is 0.696. The molecule has 0 saturated heterocycles. The topological polar surface area (TPSA) is 61.5 Å². The first-order valence-corrected chi connectivity index (χ1v) is 7.92. The molecule has 5 heteroatoms. The van der Waals surface area contributed by atoms with E-state index in [0.29, 0.717) is 24.2 Å². The summed E-state index contributed by atoms with van der Waals surface area (Å²) in [5.74, 6) is 0.738. The standard InChI is InChI=1S/C16H16NO3P/c17-9-10-21-20-16(18)15-11-5-1-3-7-13(11)19-14-8-4-2-6-12(14)15/h1-8,15,21H,9-10,17H2. The first-order valence-electron chi connectivity index (χ1n) is 6.80. The summed E-state index contributed by atoms with van der Waals surface area (Å²) >= 11 is 0. The minimum absolute atomic E-state index is 0.0960. The zero-order valence-electron chi connectivity index (χ0n) is 11.4. The number of ether oxygens (including phenoxy) is 1. The van der Waals surface area contributed by atoms with Gasteiger partial charge in [0, 0.05) is 17.3 Å². The van der Waals surface area contributed by atoms with Crippen LogP contribution in [0.25, 0.3) is 0 Å². The van der Waals surface area contributed by atoms with Crippen LogP contribution in [0.15, 0.2) is 48.5 Å². The molecule has 2 N–H and O–H groups in total. The van der Waals surface area contributed by atoms with Gasteiger partial charge in [0.1, 0.15) is 17.4 Å². The second-order valence-corrected chi connectivity index (χ2v) is 5.71. The Kier molecular flexibility index (Phi) is 4.18. The summed E-state index contributed by atoms with van der Waals surface area (Å²) in [4.78, 5) is 12.5. The van der Waals surface area contributed by atoms with E-state index < -0.39 is 5.92 Å². The highest BCUT2D eigenvalue weighted by molar-refractivity contribution is 7.33. The Morgan fingerprint density at radius 2 is 1.67 bits per heavy atom. The molecule has 0 radical (unpaired) electrons. The van der Waals surface area contributed by atoms with E-state index >= 15 is 0 Å². The number of carbonyl (C=O) groups excluding carboxylic acids is 1. The van der Waals surface area contributed by atoms with E-state index in [1.54, 1.807) is 0 Å². The van der Waals surface area contributed by atoms with Gasteiger partial charge in [-0.15, -0.1) is 0 Å². The first kappa shape index (κ1) is 14.1. The van der Waals surface area contributed by atoms with Crippen LogP contribution in [0.2, 0.25) is 0 Å². The van der Waals surface area contributed by atoms with Crippen molar-refractivity contribution in [3.63, 3.8) is 0 Å². The van der Waals surface area contributed by atoms with Gasteiger partial charge >= 0.3 is 5.97 Å². The molecule has 0 fully saturated rings. The Bertz CT molecular complexity index is 614. The molecule has 4 nitrogen and oxygen atoms in total. The van der Waals surface area contributed by atoms with Crippen molar-refractivity contribution in [3.8, 4) is 11.5 Å². The molecule has 0 aromatic heterocycles. The van der Waals surface area contributed by atoms with Crippen molar-refractivity contribution in [3.05, 3.63) is 59.7 Å². The Labute approximate surface area is 125 Å². The molecule has 1 heterocycles. The Morgan fingerprint density at radius 3 is 2.24 bits per heavy atom. The van der Waals surface area contributed by atoms with Gasteiger partial charge in [-0.25, -0.2) is 0 Å². The minimum atomic E-state index is -0.434. The van der Waals surface area contributed by atoms with Gasteiger partial charge in [0.25, 0.3) is 0 Å². The van der Waals surface area contributed by atoms with E-state index in [9.17, 15) is 4.79 Å². The van der Waals surface area contributed by atoms with Gasteiger partial charge < -0.3 is 15.0 Å². The van der Waals surface area contributed by atoms with E-state index in [1.165, 1.54) is 0 Å². The van der Waals surface area contributed by atoms with Crippen LogP contribution in [-0.2, 0) is 9.32 Å². The van der Waals surface area contributed by atoms with Crippen molar-refractivity contribution in [2.24, 2.45) is 5.73 Å². The molecule has 1 aliphatic heterocycles. The van der Waals surface area contributed by atoms with Gasteiger partial charge in [-0.3, -0.25) is 4.79 Å². The molecule has 0 saturated carbocycles. The molecule has 0 aliphatic carbocycles. The van der Waals surface area contributed by atoms with E-state index in [-0.39, 0.29) is 14.8 Å². The van der Waals surface area contributed by atoms with Crippen LogP contribution >= 0.6 is 8.81 Å². The maximum Gasteiger partial charge on any atom is 0.320 e. The van der Waals surface area contributed by atoms with Crippen LogP contribution in [0, 0.1) is 0 Å². The average molecular weight is 301 g/mol. The number of carbonyl (C=O) groups is 1. The van der Waals surface area contributed by atoms with Crippen LogP contribution in [0.1, 0.15) is 17.0 Å². The summed E-state index contributed by atoms with van der Waals surface area (Å²) in [5.41, 5.74) is 7.13. The van der Waals surface area contributed by atoms with Crippen LogP contribution in [0.5, 0.6) is 11.5 Å². The molecule has 1 aliphatic rings. The van der Waals surface area contributed by atoms with Crippen LogP contribution in [-0.4, -0.2) is 18.7 Å². The fourth-order valence-electron chi connectivity index (χ4n) is 2.40. The summed E-state index contributed by atoms with van der Waals surface area (Å²) < 4.78 is 11.2. The number of rotatable bonds is 4. The summed E-state index contributed by atoms with van der Waals surface area (Å²) in [7, 11) is 0.0960. The lowest BCUT2D eigenvalue weighted by atomic mass is 9.88. The smallest absolute Gasteiger partial charge is 0.320 e. The van der Waals surface area contributed by atoms with E-state index in [4.69, 9.17) is 15.0 Å². The molecule has 2 aromatic carbocycles. The highest BCUT2D eigenvalue weighted by atomic mass is 31.1. The normalized spacial score (nSPS) is 13.6. The van der Waals surface area contributed by atoms with Gasteiger partial charge in [0.15, 0.2) is 0 Å². The maximum absolute atomic E-state index is 12.5. The fourth-order valence-corrected chi connectivity index (χ4v) is 2.88. The highest BCUT2D eigenvalue weighted by Crippen LogP contribution is 2.44. The van der Waals surface area contributed by atoms with Gasteiger partial charge in [-0.1, -0.05) is 36.4 Å². The summed E-state index contributed by atoms with van der Waals surface area (Å²) in [6.45, 7) is 0.521. The largest absolute Gasteiger partial charge is 0.457 e. The molecule has 0 bridgehead atoms. The van der Waals surface area contributed by atoms with E-state index in [2.05, 4.69) is 0 Å². The van der Waals surface area contributed by atoms with Crippen molar-refractivity contribution in [2.75, 3.05) is 12.7 Å². The minimum Gasteiger partial charge on any atom is -0.457 e.